The van der Waals surface area contributed by atoms with E-state index in [1.54, 1.807) is 36.4 Å². The van der Waals surface area contributed by atoms with Crippen molar-refractivity contribution in [1.82, 2.24) is 29.9 Å². The Labute approximate surface area is 376 Å². The first-order chi connectivity index (χ1) is 31.5. The summed E-state index contributed by atoms with van der Waals surface area (Å²) in [5, 5.41) is 4.95. The molecular weight excluding hydrogens is 933 g/mol. The van der Waals surface area contributed by atoms with Gasteiger partial charge in [0.15, 0.2) is 11.4 Å². The molecule has 4 heterocycles. The van der Waals surface area contributed by atoms with E-state index in [1.165, 1.54) is 18.2 Å². The number of hydrogen-bond donors (Lipinski definition) is 2. The van der Waals surface area contributed by atoms with Crippen LogP contribution in [0.2, 0.25) is 10.0 Å². The Morgan fingerprint density at radius 1 is 0.515 bits per heavy atom. The average molecular weight is 962 g/mol. The number of fused-ring (bicyclic) bond motifs is 2. The molecule has 0 aliphatic heterocycles. The Bertz CT molecular complexity index is 3000. The van der Waals surface area contributed by atoms with Crippen molar-refractivity contribution in [2.24, 2.45) is 0 Å². The minimum atomic E-state index is -4.76. The maximum Gasteiger partial charge on any atom is 0.434 e. The van der Waals surface area contributed by atoms with Gasteiger partial charge in [-0.2, -0.15) is 26.3 Å². The van der Waals surface area contributed by atoms with Crippen molar-refractivity contribution in [2.45, 2.75) is 25.2 Å². The van der Waals surface area contributed by atoms with Gasteiger partial charge in [0, 0.05) is 25.4 Å². The lowest BCUT2D eigenvalue weighted by Crippen LogP contribution is -2.09. The summed E-state index contributed by atoms with van der Waals surface area (Å²) in [5.41, 5.74) is -0.848. The Kier molecular flexibility index (Phi) is 14.2. The van der Waals surface area contributed by atoms with Crippen molar-refractivity contribution in [2.75, 3.05) is 23.7 Å². The van der Waals surface area contributed by atoms with Gasteiger partial charge in [-0.15, -0.1) is 0 Å². The van der Waals surface area contributed by atoms with Gasteiger partial charge >= 0.3 is 12.4 Å². The average Bonchev–Trinajstić information content (AvgIpc) is 3.28. The third kappa shape index (κ3) is 11.2. The highest BCUT2D eigenvalue weighted by atomic mass is 35.5. The second kappa shape index (κ2) is 20.0. The molecule has 4 aromatic carbocycles. The number of alkyl halides is 6. The minimum absolute atomic E-state index is 0.0200. The zero-order valence-electron chi connectivity index (χ0n) is 33.3. The fraction of sp³-hybridized carbons (Fsp3) is 0.136. The largest absolute Gasteiger partial charge is 0.457 e. The second-order valence-electron chi connectivity index (χ2n) is 13.8. The molecule has 66 heavy (non-hydrogen) atoms. The molecule has 0 fully saturated rings. The van der Waals surface area contributed by atoms with E-state index in [4.69, 9.17) is 32.7 Å². The Morgan fingerprint density at radius 2 is 1.00 bits per heavy atom. The van der Waals surface area contributed by atoms with Crippen molar-refractivity contribution in [3.8, 4) is 23.0 Å². The lowest BCUT2D eigenvalue weighted by Gasteiger charge is -2.14. The summed E-state index contributed by atoms with van der Waals surface area (Å²) in [4.78, 5) is 22.1. The maximum atomic E-state index is 14.2. The van der Waals surface area contributed by atoms with E-state index in [1.807, 2.05) is 0 Å². The zero-order chi connectivity index (χ0) is 47.2. The summed E-state index contributed by atoms with van der Waals surface area (Å²) in [5.74, 6) is -2.00. The van der Waals surface area contributed by atoms with Gasteiger partial charge in [-0.05, 0) is 78.6 Å². The number of rotatable bonds is 12. The molecule has 2 N–H and O–H groups in total. The zero-order valence-corrected chi connectivity index (χ0v) is 34.8. The van der Waals surface area contributed by atoms with Crippen molar-refractivity contribution in [1.29, 1.82) is 0 Å². The van der Waals surface area contributed by atoms with Crippen LogP contribution in [0.15, 0.2) is 110 Å². The first-order valence-electron chi connectivity index (χ1n) is 19.1. The highest BCUT2D eigenvalue weighted by Gasteiger charge is 2.37. The Hall–Kier alpha value is -7.06. The molecule has 8 aromatic rings. The quantitative estimate of drug-likeness (QED) is 0.115. The van der Waals surface area contributed by atoms with Gasteiger partial charge < -0.3 is 20.1 Å². The van der Waals surface area contributed by atoms with Crippen LogP contribution < -0.4 is 20.1 Å². The molecule has 22 heteroatoms. The molecule has 0 saturated heterocycles. The first-order valence-corrected chi connectivity index (χ1v) is 19.8. The molecule has 10 nitrogen and oxygen atoms in total. The molecule has 8 rings (SSSR count). The molecule has 0 aliphatic rings. The highest BCUT2D eigenvalue weighted by Crippen LogP contribution is 2.43. The van der Waals surface area contributed by atoms with E-state index in [2.05, 4.69) is 40.5 Å². The SMILES string of the molecule is Fc1ccc(F)c2c(NCCc3ccc(Oc4c(Cl)cnc(C(F)(F)F)c4Cl)cc3)ncnc12.Fc1ccc(F)c2c(NCCc3ccc(Oc4ccnc(C(F)(F)F)c4)cc3)ncnc12. The number of nitrogens with one attached hydrogen (secondary N) is 2. The van der Waals surface area contributed by atoms with Gasteiger partial charge in [0.2, 0.25) is 0 Å². The normalized spacial score (nSPS) is 11.6. The van der Waals surface area contributed by atoms with Crippen LogP contribution in [0.25, 0.3) is 21.8 Å². The van der Waals surface area contributed by atoms with Crippen LogP contribution in [0.1, 0.15) is 22.5 Å². The molecule has 0 bridgehead atoms. The summed E-state index contributed by atoms with van der Waals surface area (Å²) in [6.45, 7) is 0.709. The van der Waals surface area contributed by atoms with Crippen LogP contribution in [0.4, 0.5) is 55.5 Å². The fourth-order valence-corrected chi connectivity index (χ4v) is 6.72. The van der Waals surface area contributed by atoms with Crippen LogP contribution in [-0.2, 0) is 25.2 Å². The predicted octanol–water partition coefficient (Wildman–Crippen LogP) is 12.8. The van der Waals surface area contributed by atoms with Crippen LogP contribution in [-0.4, -0.2) is 43.0 Å². The van der Waals surface area contributed by atoms with E-state index >= 15 is 0 Å². The molecule has 0 radical (unpaired) electrons. The molecule has 340 valence electrons. The van der Waals surface area contributed by atoms with E-state index in [0.717, 1.165) is 66.5 Å². The topological polar surface area (TPSA) is 120 Å². The molecule has 4 aromatic heterocycles. The second-order valence-corrected chi connectivity index (χ2v) is 14.6. The van der Waals surface area contributed by atoms with Crippen LogP contribution in [0.3, 0.4) is 0 Å². The van der Waals surface area contributed by atoms with Gasteiger partial charge in [0.1, 0.15) is 91.6 Å². The van der Waals surface area contributed by atoms with E-state index in [9.17, 15) is 43.9 Å². The maximum absolute atomic E-state index is 14.2. The number of anilines is 2. The molecule has 0 unspecified atom stereocenters. The number of aromatic nitrogens is 6. The summed E-state index contributed by atoms with van der Waals surface area (Å²) in [6, 6.07) is 19.4. The number of nitrogens with zero attached hydrogens (tertiary/aromatic N) is 6. The third-order valence-electron chi connectivity index (χ3n) is 9.31. The third-order valence-corrected chi connectivity index (χ3v) is 9.93. The molecule has 0 atom stereocenters. The van der Waals surface area contributed by atoms with E-state index < -0.39 is 52.0 Å². The molecule has 0 aliphatic carbocycles. The number of benzene rings is 4. The van der Waals surface area contributed by atoms with Crippen molar-refractivity contribution >= 4 is 56.6 Å². The number of pyridine rings is 2. The van der Waals surface area contributed by atoms with Gasteiger partial charge in [-0.3, -0.25) is 4.98 Å². The summed E-state index contributed by atoms with van der Waals surface area (Å²) >= 11 is 11.7. The predicted molar refractivity (Wildman–Crippen MR) is 225 cm³/mol. The molecule has 0 amide bonds. The monoisotopic (exact) mass is 960 g/mol. The van der Waals surface area contributed by atoms with Crippen LogP contribution in [0.5, 0.6) is 23.0 Å². The van der Waals surface area contributed by atoms with Crippen LogP contribution in [0, 0.1) is 23.3 Å². The summed E-state index contributed by atoms with van der Waals surface area (Å²) in [7, 11) is 0. The van der Waals surface area contributed by atoms with Crippen molar-refractivity contribution in [3.05, 3.63) is 166 Å². The van der Waals surface area contributed by atoms with Gasteiger partial charge in [-0.1, -0.05) is 47.5 Å². The van der Waals surface area contributed by atoms with Gasteiger partial charge in [0.05, 0.1) is 17.0 Å². The van der Waals surface area contributed by atoms with Gasteiger partial charge in [-0.25, -0.2) is 42.5 Å². The fourth-order valence-electron chi connectivity index (χ4n) is 6.19. The first kappa shape index (κ1) is 46.9. The summed E-state index contributed by atoms with van der Waals surface area (Å²) in [6.07, 6.45) is -4.18. The molecule has 0 spiro atoms. The van der Waals surface area contributed by atoms with Crippen molar-refractivity contribution < 1.29 is 53.4 Å². The Morgan fingerprint density at radius 3 is 1.48 bits per heavy atom. The van der Waals surface area contributed by atoms with Gasteiger partial charge in [0.25, 0.3) is 0 Å². The van der Waals surface area contributed by atoms with E-state index in [0.29, 0.717) is 31.7 Å². The number of ether oxygens (including phenoxy) is 2. The molecule has 0 saturated carbocycles. The lowest BCUT2D eigenvalue weighted by molar-refractivity contribution is -0.142. The highest BCUT2D eigenvalue weighted by molar-refractivity contribution is 6.37. The van der Waals surface area contributed by atoms with Crippen molar-refractivity contribution in [3.63, 3.8) is 0 Å². The van der Waals surface area contributed by atoms with Crippen LogP contribution >= 0.6 is 23.2 Å². The Balaban J connectivity index is 0.000000197. The standard InChI is InChI=1S/C22H13Cl2F5N4O.C22H15F5N4O/c23-13-9-31-20(22(27,28)29)17(24)19(13)34-12-3-1-11(2-4-12)7-8-30-21-16-14(25)5-6-15(26)18(16)32-10-33-21;23-16-5-6-17(24)20-19(16)21(31-12-30-20)29-9-7-13-1-3-14(4-2-13)32-15-8-10-28-18(11-15)22(25,26)27/h1-6,9-10H,7-8H2,(H,30,32,33);1-6,8,10-12H,7,9H2,(H,29,30,31). The number of hydrogen-bond acceptors (Lipinski definition) is 10. The van der Waals surface area contributed by atoms with E-state index in [-0.39, 0.29) is 55.7 Å². The minimum Gasteiger partial charge on any atom is -0.457 e. The molecular formula is C44H28Cl2F10N8O2. The smallest absolute Gasteiger partial charge is 0.434 e. The number of halogens is 12. The lowest BCUT2D eigenvalue weighted by atomic mass is 10.1. The summed E-state index contributed by atoms with van der Waals surface area (Å²) < 4.78 is 144.